The number of unbranched alkanes of at least 4 members (excludes halogenated alkanes) is 1. The van der Waals surface area contributed by atoms with Crippen molar-refractivity contribution in [3.05, 3.63) is 94.5 Å². The highest BCUT2D eigenvalue weighted by atomic mass is 35.5. The zero-order chi connectivity index (χ0) is 25.9. The predicted octanol–water partition coefficient (Wildman–Crippen LogP) is 6.18. The van der Waals surface area contributed by atoms with Crippen LogP contribution in [0, 0.1) is 11.6 Å². The summed E-state index contributed by atoms with van der Waals surface area (Å²) in [5.74, 6) is -2.85. The van der Waals surface area contributed by atoms with Gasteiger partial charge in [0.15, 0.2) is 0 Å². The Morgan fingerprint density at radius 3 is 2.28 bits per heavy atom. The van der Waals surface area contributed by atoms with E-state index in [2.05, 4.69) is 17.4 Å². The number of urea groups is 1. The average Bonchev–Trinajstić information content (AvgIpc) is 2.85. The van der Waals surface area contributed by atoms with Crippen molar-refractivity contribution in [2.24, 2.45) is 5.16 Å². The molecule has 36 heavy (non-hydrogen) atoms. The SMILES string of the molecule is CCCCON=C(COc1ccc(NC(=O)NC(=O)c2c(F)cccc2F)cc1)c1ccc(Cl)cc1. The van der Waals surface area contributed by atoms with Crippen molar-refractivity contribution in [2.45, 2.75) is 19.8 Å². The molecule has 0 aromatic heterocycles. The number of rotatable bonds is 10. The number of benzene rings is 3. The largest absolute Gasteiger partial charge is 0.487 e. The number of anilines is 1. The van der Waals surface area contributed by atoms with Gasteiger partial charge in [0.05, 0.1) is 0 Å². The summed E-state index contributed by atoms with van der Waals surface area (Å²) in [6, 6.07) is 15.4. The van der Waals surface area contributed by atoms with Gasteiger partial charge < -0.3 is 14.9 Å². The molecule has 0 aliphatic heterocycles. The van der Waals surface area contributed by atoms with Gasteiger partial charge in [-0.3, -0.25) is 10.1 Å². The summed E-state index contributed by atoms with van der Waals surface area (Å²) in [5, 5.41) is 9.10. The van der Waals surface area contributed by atoms with Gasteiger partial charge in [-0.05, 0) is 55.0 Å². The third kappa shape index (κ3) is 7.78. The molecule has 0 heterocycles. The van der Waals surface area contributed by atoms with E-state index in [1.165, 1.54) is 0 Å². The molecule has 0 fully saturated rings. The summed E-state index contributed by atoms with van der Waals surface area (Å²) in [5.41, 5.74) is 0.856. The van der Waals surface area contributed by atoms with Gasteiger partial charge in [0.2, 0.25) is 0 Å². The van der Waals surface area contributed by atoms with E-state index < -0.39 is 29.1 Å². The van der Waals surface area contributed by atoms with E-state index in [1.807, 2.05) is 17.4 Å². The zero-order valence-corrected chi connectivity index (χ0v) is 20.1. The van der Waals surface area contributed by atoms with Crippen LogP contribution in [-0.4, -0.2) is 30.9 Å². The molecule has 0 bridgehead atoms. The second-order valence-corrected chi connectivity index (χ2v) is 7.99. The van der Waals surface area contributed by atoms with Crippen molar-refractivity contribution in [3.63, 3.8) is 0 Å². The normalized spacial score (nSPS) is 11.1. The van der Waals surface area contributed by atoms with Gasteiger partial charge in [-0.2, -0.15) is 0 Å². The number of imide groups is 1. The Kier molecular flexibility index (Phi) is 9.76. The van der Waals surface area contributed by atoms with E-state index >= 15 is 0 Å². The van der Waals surface area contributed by atoms with Crippen molar-refractivity contribution >= 4 is 34.9 Å². The van der Waals surface area contributed by atoms with Gasteiger partial charge in [0.25, 0.3) is 5.91 Å². The van der Waals surface area contributed by atoms with Crippen molar-refractivity contribution in [3.8, 4) is 5.75 Å². The molecule has 3 aromatic rings. The Bertz CT molecular complexity index is 1200. The second kappa shape index (κ2) is 13.2. The van der Waals surface area contributed by atoms with Crippen LogP contribution in [0.1, 0.15) is 35.7 Å². The highest BCUT2D eigenvalue weighted by Gasteiger charge is 2.19. The maximum atomic E-state index is 13.7. The fourth-order valence-electron chi connectivity index (χ4n) is 2.97. The van der Waals surface area contributed by atoms with Crippen LogP contribution in [-0.2, 0) is 4.84 Å². The molecule has 7 nitrogen and oxygen atoms in total. The molecule has 10 heteroatoms. The summed E-state index contributed by atoms with van der Waals surface area (Å²) in [7, 11) is 0. The van der Waals surface area contributed by atoms with Gasteiger partial charge in [-0.25, -0.2) is 13.6 Å². The third-order valence-electron chi connectivity index (χ3n) is 4.85. The lowest BCUT2D eigenvalue weighted by molar-refractivity contribution is 0.0959. The number of carbonyl (C=O) groups excluding carboxylic acids is 2. The molecule has 3 amide bonds. The van der Waals surface area contributed by atoms with Crippen molar-refractivity contribution in [1.82, 2.24) is 5.32 Å². The zero-order valence-electron chi connectivity index (χ0n) is 19.4. The van der Waals surface area contributed by atoms with Crippen LogP contribution >= 0.6 is 11.6 Å². The van der Waals surface area contributed by atoms with E-state index in [0.717, 1.165) is 36.6 Å². The van der Waals surface area contributed by atoms with Crippen LogP contribution in [0.2, 0.25) is 5.02 Å². The Labute approximate surface area is 212 Å². The van der Waals surface area contributed by atoms with E-state index in [1.54, 1.807) is 36.4 Å². The fraction of sp³-hybridized carbons (Fsp3) is 0.192. The van der Waals surface area contributed by atoms with E-state index in [-0.39, 0.29) is 6.61 Å². The quantitative estimate of drug-likeness (QED) is 0.192. The van der Waals surface area contributed by atoms with Crippen LogP contribution in [0.25, 0.3) is 0 Å². The average molecular weight is 516 g/mol. The summed E-state index contributed by atoms with van der Waals surface area (Å²) in [6.07, 6.45) is 1.86. The van der Waals surface area contributed by atoms with Crippen molar-refractivity contribution < 1.29 is 27.9 Å². The van der Waals surface area contributed by atoms with Gasteiger partial charge in [0.1, 0.15) is 41.9 Å². The molecule has 0 spiro atoms. The Balaban J connectivity index is 1.58. The molecule has 0 radical (unpaired) electrons. The number of nitrogens with zero attached hydrogens (tertiary/aromatic N) is 1. The lowest BCUT2D eigenvalue weighted by Crippen LogP contribution is -2.35. The Morgan fingerprint density at radius 1 is 0.972 bits per heavy atom. The fourth-order valence-corrected chi connectivity index (χ4v) is 3.09. The smallest absolute Gasteiger partial charge is 0.326 e. The van der Waals surface area contributed by atoms with Gasteiger partial charge >= 0.3 is 6.03 Å². The molecule has 0 saturated heterocycles. The first-order chi connectivity index (χ1) is 17.4. The maximum absolute atomic E-state index is 13.7. The first-order valence-electron chi connectivity index (χ1n) is 11.1. The third-order valence-corrected chi connectivity index (χ3v) is 5.10. The van der Waals surface area contributed by atoms with Crippen LogP contribution in [0.5, 0.6) is 5.75 Å². The molecule has 0 saturated carbocycles. The van der Waals surface area contributed by atoms with E-state index in [0.29, 0.717) is 28.8 Å². The van der Waals surface area contributed by atoms with Crippen LogP contribution in [0.4, 0.5) is 19.3 Å². The molecule has 3 rings (SSSR count). The number of ether oxygens (including phenoxy) is 1. The highest BCUT2D eigenvalue weighted by molar-refractivity contribution is 6.30. The number of carbonyl (C=O) groups is 2. The monoisotopic (exact) mass is 515 g/mol. The number of nitrogens with one attached hydrogen (secondary N) is 2. The molecule has 0 unspecified atom stereocenters. The lowest BCUT2D eigenvalue weighted by atomic mass is 10.1. The minimum absolute atomic E-state index is 0.115. The highest BCUT2D eigenvalue weighted by Crippen LogP contribution is 2.18. The van der Waals surface area contributed by atoms with Crippen molar-refractivity contribution in [1.29, 1.82) is 0 Å². The van der Waals surface area contributed by atoms with Gasteiger partial charge in [-0.15, -0.1) is 0 Å². The Hall–Kier alpha value is -3.98. The van der Waals surface area contributed by atoms with Crippen LogP contribution < -0.4 is 15.4 Å². The van der Waals surface area contributed by atoms with E-state index in [9.17, 15) is 18.4 Å². The minimum atomic E-state index is -1.20. The first kappa shape index (κ1) is 26.6. The van der Waals surface area contributed by atoms with Crippen LogP contribution in [0.3, 0.4) is 0 Å². The molecule has 0 aliphatic carbocycles. The molecule has 188 valence electrons. The molecular formula is C26H24ClF2N3O4. The molecular weight excluding hydrogens is 492 g/mol. The molecule has 3 aromatic carbocycles. The number of oxime groups is 1. The number of halogens is 3. The molecule has 2 N–H and O–H groups in total. The summed E-state index contributed by atoms with van der Waals surface area (Å²) in [6.45, 7) is 2.66. The molecule has 0 aliphatic rings. The first-order valence-corrected chi connectivity index (χ1v) is 11.5. The maximum Gasteiger partial charge on any atom is 0.326 e. The van der Waals surface area contributed by atoms with Gasteiger partial charge in [-0.1, -0.05) is 48.3 Å². The predicted molar refractivity (Wildman–Crippen MR) is 134 cm³/mol. The summed E-state index contributed by atoms with van der Waals surface area (Å²) >= 11 is 5.97. The number of amides is 3. The standard InChI is InChI=1S/C26H24ClF2N3O4/c1-2-3-15-36-32-23(17-7-9-18(27)10-8-17)16-35-20-13-11-19(12-14-20)30-26(34)31-25(33)24-21(28)5-4-6-22(24)29/h4-14H,2-3,15-16H2,1H3,(H2,30,31,33,34). The number of hydrogen-bond acceptors (Lipinski definition) is 5. The number of hydrogen-bond donors (Lipinski definition) is 2. The minimum Gasteiger partial charge on any atom is -0.487 e. The Morgan fingerprint density at radius 2 is 1.64 bits per heavy atom. The summed E-state index contributed by atoms with van der Waals surface area (Å²) < 4.78 is 33.2. The van der Waals surface area contributed by atoms with E-state index in [4.69, 9.17) is 21.2 Å². The van der Waals surface area contributed by atoms with Crippen LogP contribution in [0.15, 0.2) is 71.9 Å². The second-order valence-electron chi connectivity index (χ2n) is 7.55. The summed E-state index contributed by atoms with van der Waals surface area (Å²) in [4.78, 5) is 29.5. The van der Waals surface area contributed by atoms with Crippen molar-refractivity contribution in [2.75, 3.05) is 18.5 Å². The van der Waals surface area contributed by atoms with Gasteiger partial charge in [0, 0.05) is 16.3 Å². The topological polar surface area (TPSA) is 89.0 Å². The molecule has 0 atom stereocenters. The lowest BCUT2D eigenvalue weighted by Gasteiger charge is -2.11.